The smallest absolute Gasteiger partial charge is 0.321 e. The van der Waals surface area contributed by atoms with Crippen LogP contribution in [0.1, 0.15) is 23.5 Å². The van der Waals surface area contributed by atoms with Gasteiger partial charge in [-0.25, -0.2) is 9.78 Å². The Labute approximate surface area is 173 Å². The number of rotatable bonds is 5. The molecule has 2 N–H and O–H groups in total. The maximum Gasteiger partial charge on any atom is 0.321 e. The number of carbonyl (C=O) groups excluding carboxylic acids is 2. The van der Waals surface area contributed by atoms with Gasteiger partial charge < -0.3 is 20.3 Å². The molecular weight excluding hydrogens is 400 g/mol. The number of anilines is 1. The average molecular weight is 423 g/mol. The number of aromatic nitrogens is 1. The first-order valence-electron chi connectivity index (χ1n) is 9.04. The van der Waals surface area contributed by atoms with Crippen molar-refractivity contribution in [3.8, 4) is 5.75 Å². The van der Waals surface area contributed by atoms with Crippen LogP contribution in [0.15, 0.2) is 23.6 Å². The Bertz CT molecular complexity index is 849. The minimum Gasteiger partial charge on any atom is -0.495 e. The van der Waals surface area contributed by atoms with Crippen LogP contribution in [-0.2, 0) is 11.3 Å². The molecule has 28 heavy (non-hydrogen) atoms. The Kier molecular flexibility index (Phi) is 6.74. The van der Waals surface area contributed by atoms with Crippen molar-refractivity contribution >= 4 is 40.6 Å². The summed E-state index contributed by atoms with van der Waals surface area (Å²) in [5.74, 6) is 0.469. The topological polar surface area (TPSA) is 83.6 Å². The van der Waals surface area contributed by atoms with Gasteiger partial charge in [0.1, 0.15) is 5.75 Å². The zero-order valence-corrected chi connectivity index (χ0v) is 17.4. The third kappa shape index (κ3) is 5.14. The Hall–Kier alpha value is -2.32. The van der Waals surface area contributed by atoms with Crippen molar-refractivity contribution in [3.63, 3.8) is 0 Å². The molecule has 0 unspecified atom stereocenters. The molecule has 0 saturated carbocycles. The zero-order chi connectivity index (χ0) is 20.1. The molecule has 0 spiro atoms. The summed E-state index contributed by atoms with van der Waals surface area (Å²) in [6.45, 7) is 3.42. The van der Waals surface area contributed by atoms with Gasteiger partial charge in [-0.05, 0) is 38.0 Å². The van der Waals surface area contributed by atoms with Crippen LogP contribution in [0, 0.1) is 12.8 Å². The lowest BCUT2D eigenvalue weighted by atomic mass is 9.96. The number of nitrogens with one attached hydrogen (secondary N) is 2. The number of aryl methyl sites for hydroxylation is 1. The number of hydrogen-bond acceptors (Lipinski definition) is 5. The summed E-state index contributed by atoms with van der Waals surface area (Å²) in [7, 11) is 1.54. The van der Waals surface area contributed by atoms with Crippen LogP contribution in [0.5, 0.6) is 5.75 Å². The number of benzene rings is 1. The van der Waals surface area contributed by atoms with E-state index in [9.17, 15) is 9.59 Å². The number of halogens is 1. The lowest BCUT2D eigenvalue weighted by Gasteiger charge is -2.31. The molecule has 1 aliphatic rings. The lowest BCUT2D eigenvalue weighted by Crippen LogP contribution is -2.44. The van der Waals surface area contributed by atoms with E-state index in [1.54, 1.807) is 34.4 Å². The van der Waals surface area contributed by atoms with Crippen molar-refractivity contribution < 1.29 is 14.3 Å². The summed E-state index contributed by atoms with van der Waals surface area (Å²) < 4.78 is 5.25. The average Bonchev–Trinajstić information content (AvgIpc) is 3.11. The van der Waals surface area contributed by atoms with Gasteiger partial charge in [0.25, 0.3) is 0 Å². The zero-order valence-electron chi connectivity index (χ0n) is 15.8. The van der Waals surface area contributed by atoms with Gasteiger partial charge in [0.2, 0.25) is 5.91 Å². The predicted octanol–water partition coefficient (Wildman–Crippen LogP) is 3.67. The van der Waals surface area contributed by atoms with Crippen molar-refractivity contribution in [2.45, 2.75) is 26.3 Å². The van der Waals surface area contributed by atoms with E-state index in [0.29, 0.717) is 48.9 Å². The van der Waals surface area contributed by atoms with Crippen molar-refractivity contribution in [3.05, 3.63) is 39.3 Å². The van der Waals surface area contributed by atoms with Gasteiger partial charge in [-0.1, -0.05) is 11.6 Å². The first-order chi connectivity index (χ1) is 13.5. The first-order valence-corrected chi connectivity index (χ1v) is 10.3. The number of thiazole rings is 1. The van der Waals surface area contributed by atoms with Gasteiger partial charge >= 0.3 is 6.03 Å². The number of methoxy groups -OCH3 is 1. The molecule has 1 aromatic heterocycles. The number of hydrogen-bond donors (Lipinski definition) is 2. The summed E-state index contributed by atoms with van der Waals surface area (Å²) in [4.78, 5) is 31.0. The highest BCUT2D eigenvalue weighted by Crippen LogP contribution is 2.28. The van der Waals surface area contributed by atoms with Crippen LogP contribution < -0.4 is 15.4 Å². The molecule has 2 aromatic rings. The number of piperidine rings is 1. The molecule has 3 rings (SSSR count). The standard InChI is InChI=1S/C19H23ClN4O3S/c1-12-22-15(11-28-12)10-21-18(25)13-5-7-24(8-6-13)19(26)23-16-9-14(20)3-4-17(16)27-2/h3-4,9,11,13H,5-8,10H2,1-2H3,(H,21,25)(H,23,26). The molecule has 0 aliphatic carbocycles. The predicted molar refractivity (Wildman–Crippen MR) is 110 cm³/mol. The molecule has 7 nitrogen and oxygen atoms in total. The highest BCUT2D eigenvalue weighted by atomic mass is 35.5. The number of amides is 3. The highest BCUT2D eigenvalue weighted by molar-refractivity contribution is 7.09. The molecule has 1 aromatic carbocycles. The summed E-state index contributed by atoms with van der Waals surface area (Å²) in [6.07, 6.45) is 1.25. The van der Waals surface area contributed by atoms with Crippen LogP contribution in [-0.4, -0.2) is 42.0 Å². The van der Waals surface area contributed by atoms with Crippen molar-refractivity contribution in [1.29, 1.82) is 0 Å². The number of carbonyl (C=O) groups is 2. The maximum atomic E-state index is 12.5. The van der Waals surface area contributed by atoms with Gasteiger partial charge in [-0.15, -0.1) is 11.3 Å². The fourth-order valence-electron chi connectivity index (χ4n) is 3.13. The van der Waals surface area contributed by atoms with Crippen molar-refractivity contribution in [2.24, 2.45) is 5.92 Å². The van der Waals surface area contributed by atoms with E-state index in [2.05, 4.69) is 15.6 Å². The Morgan fingerprint density at radius 2 is 2.11 bits per heavy atom. The van der Waals surface area contributed by atoms with E-state index in [1.165, 1.54) is 7.11 Å². The summed E-state index contributed by atoms with van der Waals surface area (Å²) in [5, 5.41) is 9.23. The summed E-state index contributed by atoms with van der Waals surface area (Å²) in [6, 6.07) is 4.83. The van der Waals surface area contributed by atoms with Crippen LogP contribution in [0.3, 0.4) is 0 Å². The number of nitrogens with zero attached hydrogens (tertiary/aromatic N) is 2. The molecule has 0 atom stereocenters. The Morgan fingerprint density at radius 3 is 2.75 bits per heavy atom. The second kappa shape index (κ2) is 9.25. The van der Waals surface area contributed by atoms with Gasteiger partial charge in [-0.2, -0.15) is 0 Å². The minimum absolute atomic E-state index is 0.0159. The number of urea groups is 1. The van der Waals surface area contributed by atoms with Crippen molar-refractivity contribution in [2.75, 3.05) is 25.5 Å². The number of likely N-dealkylation sites (tertiary alicyclic amines) is 1. The largest absolute Gasteiger partial charge is 0.495 e. The fraction of sp³-hybridized carbons (Fsp3) is 0.421. The second-order valence-corrected chi connectivity index (χ2v) is 8.11. The molecule has 1 fully saturated rings. The molecule has 3 amide bonds. The first kappa shape index (κ1) is 20.4. The van der Waals surface area contributed by atoms with E-state index in [4.69, 9.17) is 16.3 Å². The van der Waals surface area contributed by atoms with E-state index >= 15 is 0 Å². The molecule has 0 bridgehead atoms. The monoisotopic (exact) mass is 422 g/mol. The molecule has 1 aliphatic heterocycles. The van der Waals surface area contributed by atoms with E-state index in [1.807, 2.05) is 12.3 Å². The second-order valence-electron chi connectivity index (χ2n) is 6.61. The SMILES string of the molecule is COc1ccc(Cl)cc1NC(=O)N1CCC(C(=O)NCc2csc(C)n2)CC1. The third-order valence-electron chi connectivity index (χ3n) is 4.67. The van der Waals surface area contributed by atoms with Gasteiger partial charge in [0.15, 0.2) is 0 Å². The quantitative estimate of drug-likeness (QED) is 0.769. The number of ether oxygens (including phenoxy) is 1. The minimum atomic E-state index is -0.225. The van der Waals surface area contributed by atoms with Crippen LogP contribution in [0.25, 0.3) is 0 Å². The molecule has 150 valence electrons. The van der Waals surface area contributed by atoms with E-state index < -0.39 is 0 Å². The maximum absolute atomic E-state index is 12.5. The Balaban J connectivity index is 1.48. The molecule has 0 radical (unpaired) electrons. The summed E-state index contributed by atoms with van der Waals surface area (Å²) in [5.41, 5.74) is 1.40. The van der Waals surface area contributed by atoms with Crippen LogP contribution in [0.4, 0.5) is 10.5 Å². The van der Waals surface area contributed by atoms with Crippen LogP contribution >= 0.6 is 22.9 Å². The van der Waals surface area contributed by atoms with Gasteiger partial charge in [0.05, 0.1) is 30.0 Å². The van der Waals surface area contributed by atoms with Crippen molar-refractivity contribution in [1.82, 2.24) is 15.2 Å². The van der Waals surface area contributed by atoms with E-state index in [-0.39, 0.29) is 17.9 Å². The normalized spacial score (nSPS) is 14.6. The molecule has 9 heteroatoms. The van der Waals surface area contributed by atoms with E-state index in [0.717, 1.165) is 10.7 Å². The van der Waals surface area contributed by atoms with Gasteiger partial charge in [0, 0.05) is 29.4 Å². The summed E-state index contributed by atoms with van der Waals surface area (Å²) >= 11 is 7.57. The molecule has 2 heterocycles. The molecule has 1 saturated heterocycles. The molecular formula is C19H23ClN4O3S. The Morgan fingerprint density at radius 1 is 1.36 bits per heavy atom. The highest BCUT2D eigenvalue weighted by Gasteiger charge is 2.27. The third-order valence-corrected chi connectivity index (χ3v) is 5.72. The van der Waals surface area contributed by atoms with Gasteiger partial charge in [-0.3, -0.25) is 4.79 Å². The lowest BCUT2D eigenvalue weighted by molar-refractivity contribution is -0.126. The fourth-order valence-corrected chi connectivity index (χ4v) is 3.91. The van der Waals surface area contributed by atoms with Crippen LogP contribution in [0.2, 0.25) is 5.02 Å².